The highest BCUT2D eigenvalue weighted by Crippen LogP contribution is 2.43. The van der Waals surface area contributed by atoms with Crippen LogP contribution in [0.25, 0.3) is 106 Å². The predicted molar refractivity (Wildman–Crippen MR) is 234 cm³/mol. The summed E-state index contributed by atoms with van der Waals surface area (Å²) in [6.07, 6.45) is 0. The van der Waals surface area contributed by atoms with E-state index < -0.39 is 0 Å². The van der Waals surface area contributed by atoms with E-state index in [4.69, 9.17) is 15.0 Å². The molecule has 4 aromatic heterocycles. The summed E-state index contributed by atoms with van der Waals surface area (Å²) in [5, 5.41) is 7.17. The number of hydrogen-bond acceptors (Lipinski definition) is 3. The predicted octanol–water partition coefficient (Wildman–Crippen LogP) is 12.5. The molecule has 6 nitrogen and oxygen atoms in total. The lowest BCUT2D eigenvalue weighted by Crippen LogP contribution is -2.06. The highest BCUT2D eigenvalue weighted by molar-refractivity contribution is 6.26. The van der Waals surface area contributed by atoms with Gasteiger partial charge in [0.25, 0.3) is 0 Å². The van der Waals surface area contributed by atoms with Crippen molar-refractivity contribution in [2.75, 3.05) is 0 Å². The zero-order valence-corrected chi connectivity index (χ0v) is 30.7. The van der Waals surface area contributed by atoms with Gasteiger partial charge in [0.2, 0.25) is 5.95 Å². The number of fused-ring (bicyclic) bond motifs is 10. The van der Waals surface area contributed by atoms with E-state index in [2.05, 4.69) is 147 Å². The first-order valence-corrected chi connectivity index (χ1v) is 19.2. The van der Waals surface area contributed by atoms with Crippen molar-refractivity contribution in [3.63, 3.8) is 0 Å². The maximum Gasteiger partial charge on any atom is 0.238 e. The molecule has 0 N–H and O–H groups in total. The summed E-state index contributed by atoms with van der Waals surface area (Å²) in [6, 6.07) is 68.5. The van der Waals surface area contributed by atoms with Crippen LogP contribution in [0.5, 0.6) is 0 Å². The van der Waals surface area contributed by atoms with Crippen LogP contribution in [0.15, 0.2) is 194 Å². The lowest BCUT2D eigenvalue weighted by molar-refractivity contribution is 0.953. The van der Waals surface area contributed by atoms with Gasteiger partial charge < -0.3 is 9.13 Å². The van der Waals surface area contributed by atoms with Crippen LogP contribution in [-0.4, -0.2) is 28.7 Å². The molecule has 12 rings (SSSR count). The second kappa shape index (κ2) is 12.3. The van der Waals surface area contributed by atoms with E-state index in [1.807, 2.05) is 60.7 Å². The molecule has 0 saturated carbocycles. The average molecular weight is 729 g/mol. The van der Waals surface area contributed by atoms with Gasteiger partial charge in [-0.15, -0.1) is 0 Å². The van der Waals surface area contributed by atoms with Crippen molar-refractivity contribution in [2.45, 2.75) is 0 Å². The van der Waals surface area contributed by atoms with Crippen molar-refractivity contribution in [1.29, 1.82) is 0 Å². The Labute approximate surface area is 327 Å². The molecule has 0 spiro atoms. The van der Waals surface area contributed by atoms with Gasteiger partial charge in [-0.05, 0) is 48.5 Å². The summed E-state index contributed by atoms with van der Waals surface area (Å²) >= 11 is 0. The molecule has 0 aliphatic carbocycles. The molecule has 266 valence electrons. The van der Waals surface area contributed by atoms with Crippen molar-refractivity contribution in [3.8, 4) is 40.1 Å². The van der Waals surface area contributed by atoms with Crippen molar-refractivity contribution in [3.05, 3.63) is 194 Å². The number of hydrogen-bond donors (Lipinski definition) is 0. The third kappa shape index (κ3) is 4.74. The van der Waals surface area contributed by atoms with Gasteiger partial charge in [0.1, 0.15) is 0 Å². The van der Waals surface area contributed by atoms with Crippen molar-refractivity contribution in [2.24, 2.45) is 0 Å². The van der Waals surface area contributed by atoms with E-state index in [0.717, 1.165) is 55.3 Å². The third-order valence-corrected chi connectivity index (χ3v) is 11.3. The molecule has 0 atom stereocenters. The molecule has 0 unspecified atom stereocenters. The highest BCUT2D eigenvalue weighted by atomic mass is 15.2. The van der Waals surface area contributed by atoms with Crippen molar-refractivity contribution < 1.29 is 0 Å². The molecule has 57 heavy (non-hydrogen) atoms. The summed E-state index contributed by atoms with van der Waals surface area (Å²) in [7, 11) is 0. The van der Waals surface area contributed by atoms with Crippen LogP contribution in [0.3, 0.4) is 0 Å². The molecule has 0 saturated heterocycles. The van der Waals surface area contributed by atoms with Gasteiger partial charge in [-0.25, -0.2) is 4.98 Å². The maximum atomic E-state index is 5.19. The zero-order valence-electron chi connectivity index (χ0n) is 30.7. The van der Waals surface area contributed by atoms with Crippen LogP contribution in [0, 0.1) is 0 Å². The molecular weight excluding hydrogens is 697 g/mol. The lowest BCUT2D eigenvalue weighted by Gasteiger charge is -2.12. The molecule has 0 radical (unpaired) electrons. The standard InChI is InChI=1S/C51H32N6/c1-4-16-33(17-5-1)49-52-50(34-18-6-2-7-19-34)54-51(53-49)57-43-26-14-10-22-37(43)39-29-28-36(32-46(39)57)55-44-27-15-12-24-41(44)47-45(55)31-30-40-38-23-11-13-25-42(38)56(48(40)47)35-20-8-3-9-21-35/h1-32H. The number of benzene rings is 8. The second-order valence-corrected chi connectivity index (χ2v) is 14.5. The normalized spacial score (nSPS) is 11.9. The molecular formula is C51H32N6. The lowest BCUT2D eigenvalue weighted by atomic mass is 10.1. The van der Waals surface area contributed by atoms with Crippen LogP contribution in [0.4, 0.5) is 0 Å². The van der Waals surface area contributed by atoms with E-state index in [1.54, 1.807) is 0 Å². The third-order valence-electron chi connectivity index (χ3n) is 11.3. The Morgan fingerprint density at radius 2 is 0.789 bits per heavy atom. The van der Waals surface area contributed by atoms with E-state index in [-0.39, 0.29) is 0 Å². The number of para-hydroxylation sites is 4. The van der Waals surface area contributed by atoms with Crippen molar-refractivity contribution >= 4 is 65.4 Å². The van der Waals surface area contributed by atoms with Gasteiger partial charge in [0, 0.05) is 54.8 Å². The maximum absolute atomic E-state index is 5.19. The van der Waals surface area contributed by atoms with E-state index in [0.29, 0.717) is 17.6 Å². The summed E-state index contributed by atoms with van der Waals surface area (Å²) in [6.45, 7) is 0. The summed E-state index contributed by atoms with van der Waals surface area (Å²) < 4.78 is 7.05. The van der Waals surface area contributed by atoms with Crippen LogP contribution in [-0.2, 0) is 0 Å². The molecule has 8 aromatic carbocycles. The van der Waals surface area contributed by atoms with Gasteiger partial charge in [0.15, 0.2) is 11.6 Å². The quantitative estimate of drug-likeness (QED) is 0.177. The molecule has 12 aromatic rings. The van der Waals surface area contributed by atoms with Crippen LogP contribution in [0.2, 0.25) is 0 Å². The smallest absolute Gasteiger partial charge is 0.238 e. The number of aromatic nitrogens is 6. The van der Waals surface area contributed by atoms with Gasteiger partial charge in [-0.3, -0.25) is 4.57 Å². The minimum absolute atomic E-state index is 0.572. The minimum atomic E-state index is 0.572. The molecule has 6 heteroatoms. The number of nitrogens with zero attached hydrogens (tertiary/aromatic N) is 6. The summed E-state index contributed by atoms with van der Waals surface area (Å²) in [5.41, 5.74) is 10.8. The zero-order chi connectivity index (χ0) is 37.5. The molecule has 0 aliphatic rings. The Morgan fingerprint density at radius 3 is 1.44 bits per heavy atom. The van der Waals surface area contributed by atoms with Gasteiger partial charge >= 0.3 is 0 Å². The van der Waals surface area contributed by atoms with E-state index in [9.17, 15) is 0 Å². The molecule has 0 bridgehead atoms. The van der Waals surface area contributed by atoms with Crippen LogP contribution in [0.1, 0.15) is 0 Å². The van der Waals surface area contributed by atoms with Crippen LogP contribution >= 0.6 is 0 Å². The molecule has 0 fully saturated rings. The fraction of sp³-hybridized carbons (Fsp3) is 0. The molecule has 0 amide bonds. The summed E-state index contributed by atoms with van der Waals surface area (Å²) in [4.78, 5) is 15.4. The van der Waals surface area contributed by atoms with Crippen LogP contribution < -0.4 is 0 Å². The van der Waals surface area contributed by atoms with Crippen molar-refractivity contribution in [1.82, 2.24) is 28.7 Å². The Hall–Kier alpha value is -7.83. The number of rotatable bonds is 5. The van der Waals surface area contributed by atoms with E-state index in [1.165, 1.54) is 32.6 Å². The monoisotopic (exact) mass is 728 g/mol. The van der Waals surface area contributed by atoms with Gasteiger partial charge in [-0.2, -0.15) is 9.97 Å². The molecule has 4 heterocycles. The SMILES string of the molecule is c1ccc(-c2nc(-c3ccccc3)nc(-n3c4ccccc4c4ccc(-n5c6ccccc6c6c5ccc5c7ccccc7n(-c7ccccc7)c56)cc43)n2)cc1. The van der Waals surface area contributed by atoms with Gasteiger partial charge in [-0.1, -0.05) is 146 Å². The Balaban J connectivity index is 1.16. The fourth-order valence-electron chi connectivity index (χ4n) is 8.84. The summed E-state index contributed by atoms with van der Waals surface area (Å²) in [5.74, 6) is 1.82. The van der Waals surface area contributed by atoms with E-state index >= 15 is 0 Å². The topological polar surface area (TPSA) is 53.5 Å². The minimum Gasteiger partial charge on any atom is -0.309 e. The Kier molecular flexibility index (Phi) is 6.83. The average Bonchev–Trinajstić information content (AvgIpc) is 3.92. The van der Waals surface area contributed by atoms with Gasteiger partial charge in [0.05, 0.1) is 33.1 Å². The molecule has 0 aliphatic heterocycles. The Morgan fingerprint density at radius 1 is 0.298 bits per heavy atom. The Bertz CT molecular complexity index is 3450. The first-order valence-electron chi connectivity index (χ1n) is 19.2. The highest BCUT2D eigenvalue weighted by Gasteiger charge is 2.23. The first kappa shape index (κ1) is 31.5. The fourth-order valence-corrected chi connectivity index (χ4v) is 8.84. The second-order valence-electron chi connectivity index (χ2n) is 14.5. The first-order chi connectivity index (χ1) is 28.3. The largest absolute Gasteiger partial charge is 0.309 e.